The van der Waals surface area contributed by atoms with Crippen LogP contribution >= 0.6 is 0 Å². The van der Waals surface area contributed by atoms with Gasteiger partial charge in [-0.15, -0.1) is 0 Å². The minimum absolute atomic E-state index is 0.0168. The number of aromatic nitrogens is 1. The standard InChI is InChI=1S/C25H27N3O4S/c1-16(2)19-9-11-21(12-10-19)28-33(30,31)22-13-4-18(5-14-22)6-15-23-24(17(3)27-32-23)26-25(29)20-7-8-20/h4-6,9-16,20,28H,7-8H2,1-3H3,(H,26,29)/b15-6-. The summed E-state index contributed by atoms with van der Waals surface area (Å²) in [5, 5.41) is 6.82. The van der Waals surface area contributed by atoms with Gasteiger partial charge < -0.3 is 9.84 Å². The normalized spacial score (nSPS) is 14.1. The Morgan fingerprint density at radius 1 is 1.06 bits per heavy atom. The van der Waals surface area contributed by atoms with E-state index in [9.17, 15) is 13.2 Å². The first kappa shape index (κ1) is 22.8. The maximum atomic E-state index is 12.7. The zero-order chi connectivity index (χ0) is 23.6. The van der Waals surface area contributed by atoms with Crippen molar-refractivity contribution in [3.05, 3.63) is 71.1 Å². The quantitative estimate of drug-likeness (QED) is 0.462. The fourth-order valence-electron chi connectivity index (χ4n) is 3.30. The molecular formula is C25H27N3O4S. The van der Waals surface area contributed by atoms with Gasteiger partial charge >= 0.3 is 0 Å². The predicted molar refractivity (Wildman–Crippen MR) is 129 cm³/mol. The summed E-state index contributed by atoms with van der Waals surface area (Å²) in [6.07, 6.45) is 5.31. The van der Waals surface area contributed by atoms with Crippen molar-refractivity contribution in [2.75, 3.05) is 10.0 Å². The smallest absolute Gasteiger partial charge is 0.261 e. The van der Waals surface area contributed by atoms with Crippen LogP contribution in [0.3, 0.4) is 0 Å². The van der Waals surface area contributed by atoms with Crippen LogP contribution in [-0.2, 0) is 14.8 Å². The van der Waals surface area contributed by atoms with Crippen molar-refractivity contribution < 1.29 is 17.7 Å². The molecule has 1 aromatic heterocycles. The van der Waals surface area contributed by atoms with Crippen LogP contribution in [-0.4, -0.2) is 19.5 Å². The lowest BCUT2D eigenvalue weighted by Gasteiger charge is -2.10. The molecule has 1 aliphatic carbocycles. The van der Waals surface area contributed by atoms with Crippen molar-refractivity contribution in [3.8, 4) is 0 Å². The summed E-state index contributed by atoms with van der Waals surface area (Å²) in [5.74, 6) is 0.886. The first-order chi connectivity index (χ1) is 15.7. The first-order valence-electron chi connectivity index (χ1n) is 10.9. The number of hydrogen-bond acceptors (Lipinski definition) is 5. The predicted octanol–water partition coefficient (Wildman–Crippen LogP) is 5.43. The molecule has 1 amide bonds. The van der Waals surface area contributed by atoms with Gasteiger partial charge in [0.05, 0.1) is 4.90 Å². The summed E-state index contributed by atoms with van der Waals surface area (Å²) in [5.41, 5.74) is 3.62. The van der Waals surface area contributed by atoms with Crippen LogP contribution in [0.5, 0.6) is 0 Å². The van der Waals surface area contributed by atoms with Gasteiger partial charge in [0.2, 0.25) is 5.91 Å². The maximum Gasteiger partial charge on any atom is 0.261 e. The van der Waals surface area contributed by atoms with E-state index in [2.05, 4.69) is 29.0 Å². The molecule has 33 heavy (non-hydrogen) atoms. The van der Waals surface area contributed by atoms with Crippen LogP contribution in [0.4, 0.5) is 11.4 Å². The zero-order valence-electron chi connectivity index (χ0n) is 18.8. The number of aryl methyl sites for hydroxylation is 1. The molecular weight excluding hydrogens is 438 g/mol. The summed E-state index contributed by atoms with van der Waals surface area (Å²) < 4.78 is 33.4. The molecule has 0 unspecified atom stereocenters. The largest absolute Gasteiger partial charge is 0.354 e. The van der Waals surface area contributed by atoms with Crippen molar-refractivity contribution in [2.24, 2.45) is 5.92 Å². The zero-order valence-corrected chi connectivity index (χ0v) is 19.6. The second-order valence-electron chi connectivity index (χ2n) is 8.56. The Bertz CT molecular complexity index is 1270. The molecule has 172 valence electrons. The molecule has 1 aliphatic rings. The summed E-state index contributed by atoms with van der Waals surface area (Å²) in [7, 11) is -3.70. The van der Waals surface area contributed by atoms with Crippen LogP contribution < -0.4 is 10.0 Å². The van der Waals surface area contributed by atoms with Gasteiger partial charge in [-0.3, -0.25) is 9.52 Å². The fourth-order valence-corrected chi connectivity index (χ4v) is 4.36. The maximum absolute atomic E-state index is 12.7. The van der Waals surface area contributed by atoms with Crippen LogP contribution in [0.2, 0.25) is 0 Å². The number of carbonyl (C=O) groups excluding carboxylic acids is 1. The van der Waals surface area contributed by atoms with Gasteiger partial charge in [0, 0.05) is 11.6 Å². The summed E-state index contributed by atoms with van der Waals surface area (Å²) in [6.45, 7) is 5.94. The number of sulfonamides is 1. The molecule has 2 aromatic carbocycles. The van der Waals surface area contributed by atoms with Gasteiger partial charge in [-0.2, -0.15) is 0 Å². The van der Waals surface area contributed by atoms with Crippen molar-refractivity contribution in [3.63, 3.8) is 0 Å². The van der Waals surface area contributed by atoms with E-state index in [-0.39, 0.29) is 16.7 Å². The third-order valence-corrected chi connectivity index (χ3v) is 6.93. The van der Waals surface area contributed by atoms with Gasteiger partial charge in [-0.25, -0.2) is 8.42 Å². The number of nitrogens with one attached hydrogen (secondary N) is 2. The van der Waals surface area contributed by atoms with Crippen molar-refractivity contribution in [1.29, 1.82) is 0 Å². The van der Waals surface area contributed by atoms with Crippen LogP contribution in [0.1, 0.15) is 55.2 Å². The SMILES string of the molecule is Cc1noc(/C=C\c2ccc(S(=O)(=O)Nc3ccc(C(C)C)cc3)cc2)c1NC(=O)C1CC1. The number of hydrogen-bond donors (Lipinski definition) is 2. The molecule has 3 aromatic rings. The third kappa shape index (κ3) is 5.51. The van der Waals surface area contributed by atoms with E-state index in [1.807, 2.05) is 12.1 Å². The molecule has 4 rings (SSSR count). The first-order valence-corrected chi connectivity index (χ1v) is 12.4. The highest BCUT2D eigenvalue weighted by Crippen LogP contribution is 2.32. The van der Waals surface area contributed by atoms with E-state index in [1.165, 1.54) is 0 Å². The molecule has 0 bridgehead atoms. The molecule has 0 spiro atoms. The average Bonchev–Trinajstić information content (AvgIpc) is 3.58. The molecule has 0 saturated heterocycles. The summed E-state index contributed by atoms with van der Waals surface area (Å²) >= 11 is 0. The Balaban J connectivity index is 1.45. The number of amides is 1. The van der Waals surface area contributed by atoms with Crippen LogP contribution in [0, 0.1) is 12.8 Å². The molecule has 1 saturated carbocycles. The van der Waals surface area contributed by atoms with E-state index in [0.29, 0.717) is 28.7 Å². The van der Waals surface area contributed by atoms with Crippen LogP contribution in [0.25, 0.3) is 12.2 Å². The monoisotopic (exact) mass is 465 g/mol. The van der Waals surface area contributed by atoms with Gasteiger partial charge in [0.25, 0.3) is 10.0 Å². The fraction of sp³-hybridized carbons (Fsp3) is 0.280. The minimum Gasteiger partial charge on any atom is -0.354 e. The Morgan fingerprint density at radius 2 is 1.73 bits per heavy atom. The summed E-state index contributed by atoms with van der Waals surface area (Å²) in [6, 6.07) is 13.9. The molecule has 7 nitrogen and oxygen atoms in total. The minimum atomic E-state index is -3.70. The van der Waals surface area contributed by atoms with Crippen LogP contribution in [0.15, 0.2) is 57.9 Å². The lowest BCUT2D eigenvalue weighted by atomic mass is 10.0. The molecule has 1 fully saturated rings. The average molecular weight is 466 g/mol. The molecule has 1 heterocycles. The van der Waals surface area contributed by atoms with Gasteiger partial charge in [-0.05, 0) is 67.2 Å². The Labute approximate surface area is 193 Å². The number of benzene rings is 2. The highest BCUT2D eigenvalue weighted by Gasteiger charge is 2.30. The highest BCUT2D eigenvalue weighted by atomic mass is 32.2. The van der Waals surface area contributed by atoms with Gasteiger partial charge in [0.1, 0.15) is 11.4 Å². The number of carbonyl (C=O) groups is 1. The molecule has 0 atom stereocenters. The topological polar surface area (TPSA) is 101 Å². The van der Waals surface area contributed by atoms with Crippen molar-refractivity contribution in [2.45, 2.75) is 44.4 Å². The van der Waals surface area contributed by atoms with Crippen molar-refractivity contribution >= 4 is 39.5 Å². The number of anilines is 2. The molecule has 8 heteroatoms. The second-order valence-corrected chi connectivity index (χ2v) is 10.2. The van der Waals surface area contributed by atoms with Crippen molar-refractivity contribution in [1.82, 2.24) is 5.16 Å². The summed E-state index contributed by atoms with van der Waals surface area (Å²) in [4.78, 5) is 12.3. The third-order valence-electron chi connectivity index (χ3n) is 5.53. The lowest BCUT2D eigenvalue weighted by molar-refractivity contribution is -0.117. The molecule has 2 N–H and O–H groups in total. The van der Waals surface area contributed by atoms with E-state index in [4.69, 9.17) is 4.52 Å². The molecule has 0 aliphatic heterocycles. The van der Waals surface area contributed by atoms with E-state index >= 15 is 0 Å². The highest BCUT2D eigenvalue weighted by molar-refractivity contribution is 7.92. The lowest BCUT2D eigenvalue weighted by Crippen LogP contribution is -2.14. The van der Waals surface area contributed by atoms with Gasteiger partial charge in [-0.1, -0.05) is 49.3 Å². The van der Waals surface area contributed by atoms with E-state index in [0.717, 1.165) is 24.0 Å². The van der Waals surface area contributed by atoms with E-state index < -0.39 is 10.0 Å². The molecule has 0 radical (unpaired) electrons. The van der Waals surface area contributed by atoms with E-state index in [1.54, 1.807) is 55.5 Å². The Hall–Kier alpha value is -3.39. The Morgan fingerprint density at radius 3 is 2.33 bits per heavy atom. The number of nitrogens with zero attached hydrogens (tertiary/aromatic N) is 1. The number of rotatable bonds is 8. The second kappa shape index (κ2) is 9.23. The van der Waals surface area contributed by atoms with Gasteiger partial charge in [0.15, 0.2) is 5.76 Å². The Kier molecular flexibility index (Phi) is 6.37.